The topological polar surface area (TPSA) is 0 Å². The molecule has 2 aromatic carbocycles. The average Bonchev–Trinajstić information content (AvgIpc) is 2.62. The third-order valence-electron chi connectivity index (χ3n) is 5.09. The fraction of sp³-hybridized carbons (Fsp3) is 0.429. The first kappa shape index (κ1) is 17.1. The summed E-state index contributed by atoms with van der Waals surface area (Å²) in [7, 11) is 0. The monoisotopic (exact) mass is 388 g/mol. The van der Waals surface area contributed by atoms with E-state index in [0.717, 1.165) is 22.1 Å². The van der Waals surface area contributed by atoms with Crippen LogP contribution in [0.5, 0.6) is 0 Å². The fourth-order valence-corrected chi connectivity index (χ4v) is 4.61. The van der Waals surface area contributed by atoms with Crippen LogP contribution >= 0.6 is 27.7 Å². The normalized spacial score (nSPS) is 21.3. The van der Waals surface area contributed by atoms with E-state index in [1.54, 1.807) is 5.56 Å². The quantitative estimate of drug-likeness (QED) is 0.479. The fourth-order valence-electron chi connectivity index (χ4n) is 3.49. The number of rotatable bonds is 5. The zero-order chi connectivity index (χ0) is 16.1. The van der Waals surface area contributed by atoms with E-state index in [4.69, 9.17) is 0 Å². The Bertz CT molecular complexity index is 595. The van der Waals surface area contributed by atoms with E-state index in [1.807, 2.05) is 11.8 Å². The van der Waals surface area contributed by atoms with E-state index >= 15 is 0 Å². The molecule has 0 saturated heterocycles. The Hall–Kier alpha value is -0.730. The molecule has 0 aromatic heterocycles. The number of thioether (sulfide) groups is 1. The van der Waals surface area contributed by atoms with Crippen molar-refractivity contribution >= 4 is 27.7 Å². The highest BCUT2D eigenvalue weighted by Gasteiger charge is 2.20. The standard InChI is InChI=1S/C21H25BrS/c1-2-16-3-7-18(8-4-16)19-9-13-21(14-10-19)23-15-17-5-11-20(22)12-6-17/h5-6,9-14,16,18H,2-4,7-8,15H2,1H3/t16-,18-. The summed E-state index contributed by atoms with van der Waals surface area (Å²) in [5.41, 5.74) is 2.92. The van der Waals surface area contributed by atoms with E-state index in [-0.39, 0.29) is 0 Å². The summed E-state index contributed by atoms with van der Waals surface area (Å²) in [4.78, 5) is 1.37. The Morgan fingerprint density at radius 1 is 0.913 bits per heavy atom. The van der Waals surface area contributed by atoms with Crippen molar-refractivity contribution in [2.75, 3.05) is 0 Å². The van der Waals surface area contributed by atoms with Crippen LogP contribution in [0.4, 0.5) is 0 Å². The van der Waals surface area contributed by atoms with Crippen LogP contribution in [-0.4, -0.2) is 0 Å². The predicted octanol–water partition coefficient (Wildman–Crippen LogP) is 7.43. The molecule has 2 aromatic rings. The van der Waals surface area contributed by atoms with Crippen molar-refractivity contribution in [3.8, 4) is 0 Å². The maximum Gasteiger partial charge on any atom is 0.0232 e. The largest absolute Gasteiger partial charge is 0.121 e. The van der Waals surface area contributed by atoms with Crippen molar-refractivity contribution in [3.63, 3.8) is 0 Å². The van der Waals surface area contributed by atoms with Crippen molar-refractivity contribution in [2.24, 2.45) is 5.92 Å². The lowest BCUT2D eigenvalue weighted by Gasteiger charge is -2.28. The van der Waals surface area contributed by atoms with Crippen LogP contribution in [0.1, 0.15) is 56.1 Å². The number of hydrogen-bond acceptors (Lipinski definition) is 1. The van der Waals surface area contributed by atoms with Gasteiger partial charge in [0.15, 0.2) is 0 Å². The highest BCUT2D eigenvalue weighted by molar-refractivity contribution is 9.10. The zero-order valence-electron chi connectivity index (χ0n) is 13.8. The minimum absolute atomic E-state index is 0.795. The molecule has 0 N–H and O–H groups in total. The van der Waals surface area contributed by atoms with Gasteiger partial charge in [0.25, 0.3) is 0 Å². The summed E-state index contributed by atoms with van der Waals surface area (Å²) < 4.78 is 1.15. The summed E-state index contributed by atoms with van der Waals surface area (Å²) in [5, 5.41) is 0. The van der Waals surface area contributed by atoms with Gasteiger partial charge in [0.05, 0.1) is 0 Å². The second kappa shape index (κ2) is 8.39. The molecule has 1 fully saturated rings. The molecule has 0 heterocycles. The SMILES string of the molecule is CC[C@H]1CC[C@H](c2ccc(SCc3ccc(Br)cc3)cc2)CC1. The van der Waals surface area contributed by atoms with Crippen LogP contribution in [0, 0.1) is 5.92 Å². The van der Waals surface area contributed by atoms with Crippen molar-refractivity contribution in [1.82, 2.24) is 0 Å². The molecular weight excluding hydrogens is 364 g/mol. The molecule has 3 rings (SSSR count). The Labute approximate surface area is 153 Å². The molecule has 122 valence electrons. The molecule has 0 atom stereocenters. The van der Waals surface area contributed by atoms with Crippen LogP contribution in [-0.2, 0) is 5.75 Å². The van der Waals surface area contributed by atoms with Crippen LogP contribution in [0.25, 0.3) is 0 Å². The summed E-state index contributed by atoms with van der Waals surface area (Å²) in [6, 6.07) is 18.0. The van der Waals surface area contributed by atoms with Gasteiger partial charge in [0.2, 0.25) is 0 Å². The molecule has 0 bridgehead atoms. The van der Waals surface area contributed by atoms with Gasteiger partial charge in [-0.1, -0.05) is 53.5 Å². The van der Waals surface area contributed by atoms with Crippen molar-refractivity contribution in [3.05, 3.63) is 64.1 Å². The lowest BCUT2D eigenvalue weighted by Crippen LogP contribution is -2.12. The Kier molecular flexibility index (Phi) is 6.24. The predicted molar refractivity (Wildman–Crippen MR) is 105 cm³/mol. The molecular formula is C21H25BrS. The van der Waals surface area contributed by atoms with Gasteiger partial charge in [-0.2, -0.15) is 0 Å². The number of hydrogen-bond donors (Lipinski definition) is 0. The summed E-state index contributed by atoms with van der Waals surface area (Å²) in [6.07, 6.45) is 6.95. The molecule has 0 spiro atoms. The molecule has 0 radical (unpaired) electrons. The van der Waals surface area contributed by atoms with Gasteiger partial charge < -0.3 is 0 Å². The minimum Gasteiger partial charge on any atom is -0.121 e. The molecule has 0 amide bonds. The highest BCUT2D eigenvalue weighted by atomic mass is 79.9. The molecule has 1 saturated carbocycles. The molecule has 0 aliphatic heterocycles. The van der Waals surface area contributed by atoms with E-state index < -0.39 is 0 Å². The van der Waals surface area contributed by atoms with E-state index in [9.17, 15) is 0 Å². The first-order valence-corrected chi connectivity index (χ1v) is 10.5. The minimum atomic E-state index is 0.795. The van der Waals surface area contributed by atoms with Gasteiger partial charge >= 0.3 is 0 Å². The highest BCUT2D eigenvalue weighted by Crippen LogP contribution is 2.37. The molecule has 2 heteroatoms. The smallest absolute Gasteiger partial charge is 0.0232 e. The van der Waals surface area contributed by atoms with Crippen LogP contribution in [0.15, 0.2) is 57.9 Å². The lowest BCUT2D eigenvalue weighted by molar-refractivity contribution is 0.318. The van der Waals surface area contributed by atoms with E-state index in [2.05, 4.69) is 71.4 Å². The second-order valence-electron chi connectivity index (χ2n) is 6.61. The van der Waals surface area contributed by atoms with Crippen LogP contribution < -0.4 is 0 Å². The van der Waals surface area contributed by atoms with Gasteiger partial charge in [-0.15, -0.1) is 11.8 Å². The number of benzene rings is 2. The Morgan fingerprint density at radius 3 is 2.17 bits per heavy atom. The second-order valence-corrected chi connectivity index (χ2v) is 8.57. The first-order chi connectivity index (χ1) is 11.2. The van der Waals surface area contributed by atoms with Crippen LogP contribution in [0.2, 0.25) is 0 Å². The Morgan fingerprint density at radius 2 is 1.57 bits per heavy atom. The average molecular weight is 389 g/mol. The van der Waals surface area contributed by atoms with Crippen LogP contribution in [0.3, 0.4) is 0 Å². The maximum absolute atomic E-state index is 3.49. The molecule has 23 heavy (non-hydrogen) atoms. The summed E-state index contributed by atoms with van der Waals surface area (Å²) in [6.45, 7) is 2.34. The third-order valence-corrected chi connectivity index (χ3v) is 6.71. The van der Waals surface area contributed by atoms with Gasteiger partial charge in [-0.05, 0) is 72.9 Å². The zero-order valence-corrected chi connectivity index (χ0v) is 16.2. The van der Waals surface area contributed by atoms with Crippen molar-refractivity contribution in [2.45, 2.75) is 55.6 Å². The summed E-state index contributed by atoms with van der Waals surface area (Å²) >= 11 is 5.41. The third kappa shape index (κ3) is 4.87. The van der Waals surface area contributed by atoms with E-state index in [1.165, 1.54) is 42.6 Å². The molecule has 0 nitrogen and oxygen atoms in total. The van der Waals surface area contributed by atoms with E-state index in [0.29, 0.717) is 0 Å². The van der Waals surface area contributed by atoms with Gasteiger partial charge in [-0.25, -0.2) is 0 Å². The first-order valence-electron chi connectivity index (χ1n) is 8.72. The maximum atomic E-state index is 3.49. The molecule has 0 unspecified atom stereocenters. The van der Waals surface area contributed by atoms with Gasteiger partial charge in [0.1, 0.15) is 0 Å². The van der Waals surface area contributed by atoms with Crippen molar-refractivity contribution in [1.29, 1.82) is 0 Å². The van der Waals surface area contributed by atoms with Gasteiger partial charge in [0, 0.05) is 15.1 Å². The Balaban J connectivity index is 1.54. The molecule has 1 aliphatic carbocycles. The van der Waals surface area contributed by atoms with Crippen molar-refractivity contribution < 1.29 is 0 Å². The lowest BCUT2D eigenvalue weighted by atomic mass is 9.78. The van der Waals surface area contributed by atoms with Gasteiger partial charge in [-0.3, -0.25) is 0 Å². The summed E-state index contributed by atoms with van der Waals surface area (Å²) in [5.74, 6) is 2.81. The number of halogens is 1. The molecule has 1 aliphatic rings.